The molecule has 130 valence electrons. The van der Waals surface area contributed by atoms with Crippen molar-refractivity contribution in [3.05, 3.63) is 75.8 Å². The van der Waals surface area contributed by atoms with Crippen molar-refractivity contribution in [3.63, 3.8) is 0 Å². The molecule has 2 aromatic carbocycles. The Balaban J connectivity index is 2.10. The fraction of sp³-hybridized carbons (Fsp3) is 0.176. The van der Waals surface area contributed by atoms with Gasteiger partial charge in [0.15, 0.2) is 6.04 Å². The van der Waals surface area contributed by atoms with Gasteiger partial charge in [-0.25, -0.2) is 9.59 Å². The summed E-state index contributed by atoms with van der Waals surface area (Å²) < 4.78 is 9.71. The number of ether oxygens (including phenoxy) is 2. The number of amides is 1. The fourth-order valence-electron chi connectivity index (χ4n) is 2.10. The molecule has 0 bridgehead atoms. The van der Waals surface area contributed by atoms with E-state index in [4.69, 9.17) is 4.74 Å². The molecule has 0 aliphatic heterocycles. The Labute approximate surface area is 143 Å². The predicted molar refractivity (Wildman–Crippen MR) is 87.6 cm³/mol. The molecular weight excluding hydrogens is 328 g/mol. The molecule has 0 heterocycles. The van der Waals surface area contributed by atoms with Gasteiger partial charge in [-0.15, -0.1) is 0 Å². The van der Waals surface area contributed by atoms with Crippen molar-refractivity contribution in [1.82, 2.24) is 5.32 Å². The number of nitrogens with zero attached hydrogens (tertiary/aromatic N) is 1. The van der Waals surface area contributed by atoms with E-state index in [-0.39, 0.29) is 17.9 Å². The summed E-state index contributed by atoms with van der Waals surface area (Å²) in [6.45, 7) is 0.0233. The van der Waals surface area contributed by atoms with Crippen molar-refractivity contribution in [2.24, 2.45) is 0 Å². The van der Waals surface area contributed by atoms with Crippen LogP contribution in [0.15, 0.2) is 54.6 Å². The van der Waals surface area contributed by atoms with Gasteiger partial charge in [-0.05, 0) is 11.1 Å². The number of hydrogen-bond donors (Lipinski definition) is 1. The third kappa shape index (κ3) is 5.03. The average Bonchev–Trinajstić information content (AvgIpc) is 2.64. The molecule has 1 N–H and O–H groups in total. The third-order valence-corrected chi connectivity index (χ3v) is 3.33. The number of carbonyl (C=O) groups excluding carboxylic acids is 2. The molecule has 0 radical (unpaired) electrons. The maximum Gasteiger partial charge on any atom is 0.408 e. The van der Waals surface area contributed by atoms with E-state index in [1.807, 2.05) is 6.07 Å². The van der Waals surface area contributed by atoms with E-state index < -0.39 is 23.0 Å². The van der Waals surface area contributed by atoms with Crippen LogP contribution >= 0.6 is 0 Å². The van der Waals surface area contributed by atoms with Crippen LogP contribution in [0.1, 0.15) is 17.2 Å². The summed E-state index contributed by atoms with van der Waals surface area (Å²) >= 11 is 0. The van der Waals surface area contributed by atoms with Gasteiger partial charge in [-0.1, -0.05) is 42.5 Å². The van der Waals surface area contributed by atoms with Crippen LogP contribution in [0.2, 0.25) is 0 Å². The first-order chi connectivity index (χ1) is 12.0. The van der Waals surface area contributed by atoms with Crippen LogP contribution in [0.3, 0.4) is 0 Å². The average molecular weight is 344 g/mol. The van der Waals surface area contributed by atoms with E-state index in [9.17, 15) is 19.7 Å². The highest BCUT2D eigenvalue weighted by Crippen LogP contribution is 2.20. The van der Waals surface area contributed by atoms with Gasteiger partial charge in [0.25, 0.3) is 5.69 Å². The van der Waals surface area contributed by atoms with E-state index in [0.29, 0.717) is 0 Å². The zero-order valence-corrected chi connectivity index (χ0v) is 13.4. The molecule has 0 saturated heterocycles. The summed E-state index contributed by atoms with van der Waals surface area (Å²) in [7, 11) is 1.16. The summed E-state index contributed by atoms with van der Waals surface area (Å²) in [5, 5.41) is 13.2. The lowest BCUT2D eigenvalue weighted by Crippen LogP contribution is -2.34. The zero-order chi connectivity index (χ0) is 18.2. The van der Waals surface area contributed by atoms with Gasteiger partial charge < -0.3 is 14.8 Å². The molecule has 0 aromatic heterocycles. The Morgan fingerprint density at radius 2 is 1.88 bits per heavy atom. The molecule has 0 saturated carbocycles. The van der Waals surface area contributed by atoms with E-state index in [0.717, 1.165) is 12.7 Å². The molecule has 2 aromatic rings. The number of nitrogens with one attached hydrogen (secondary N) is 1. The lowest BCUT2D eigenvalue weighted by atomic mass is 10.1. The topological polar surface area (TPSA) is 108 Å². The lowest BCUT2D eigenvalue weighted by Gasteiger charge is -2.16. The fourth-order valence-corrected chi connectivity index (χ4v) is 2.10. The highest BCUT2D eigenvalue weighted by atomic mass is 16.6. The summed E-state index contributed by atoms with van der Waals surface area (Å²) in [5.74, 6) is -0.767. The molecule has 25 heavy (non-hydrogen) atoms. The van der Waals surface area contributed by atoms with Gasteiger partial charge in [-0.3, -0.25) is 10.1 Å². The third-order valence-electron chi connectivity index (χ3n) is 3.33. The van der Waals surface area contributed by atoms with Gasteiger partial charge in [0, 0.05) is 12.1 Å². The summed E-state index contributed by atoms with van der Waals surface area (Å²) in [6, 6.07) is 13.2. The zero-order valence-electron chi connectivity index (χ0n) is 13.4. The molecule has 8 heteroatoms. The Morgan fingerprint density at radius 3 is 2.52 bits per heavy atom. The molecule has 0 aliphatic carbocycles. The van der Waals surface area contributed by atoms with Gasteiger partial charge in [0.2, 0.25) is 0 Å². The largest absolute Gasteiger partial charge is 0.467 e. The predicted octanol–water partition coefficient (Wildman–Crippen LogP) is 2.74. The highest BCUT2D eigenvalue weighted by molar-refractivity contribution is 5.82. The van der Waals surface area contributed by atoms with E-state index in [1.165, 1.54) is 24.3 Å². The molecule has 1 atom stereocenters. The van der Waals surface area contributed by atoms with Gasteiger partial charge in [0.1, 0.15) is 6.61 Å². The second kappa shape index (κ2) is 8.44. The Bertz CT molecular complexity index is 763. The van der Waals surface area contributed by atoms with E-state index in [1.54, 1.807) is 24.3 Å². The molecule has 1 unspecified atom stereocenters. The van der Waals surface area contributed by atoms with Crippen LogP contribution in [-0.4, -0.2) is 24.1 Å². The number of benzene rings is 2. The quantitative estimate of drug-likeness (QED) is 0.490. The van der Waals surface area contributed by atoms with Gasteiger partial charge in [0.05, 0.1) is 12.0 Å². The van der Waals surface area contributed by atoms with Crippen LogP contribution in [-0.2, 0) is 20.9 Å². The van der Waals surface area contributed by atoms with Crippen LogP contribution in [0.5, 0.6) is 0 Å². The minimum absolute atomic E-state index is 0.0233. The van der Waals surface area contributed by atoms with Crippen molar-refractivity contribution in [1.29, 1.82) is 0 Å². The first-order valence-electron chi connectivity index (χ1n) is 7.30. The number of nitro benzene ring substituents is 1. The molecule has 8 nitrogen and oxygen atoms in total. The normalized spacial score (nSPS) is 11.2. The number of non-ortho nitro benzene ring substituents is 1. The standard InChI is InChI=1S/C17H16N2O6/c1-24-16(20)15(13-8-5-9-14(10-13)19(22)23)18-17(21)25-11-12-6-3-2-4-7-12/h2-10,15H,11H2,1H3,(H,18,21). The van der Waals surface area contributed by atoms with Crippen LogP contribution in [0.25, 0.3) is 0 Å². The maximum atomic E-state index is 12.0. The highest BCUT2D eigenvalue weighted by Gasteiger charge is 2.25. The van der Waals surface area contributed by atoms with Crippen molar-refractivity contribution >= 4 is 17.7 Å². The number of carbonyl (C=O) groups is 2. The molecular formula is C17H16N2O6. The van der Waals surface area contributed by atoms with Crippen molar-refractivity contribution in [3.8, 4) is 0 Å². The van der Waals surface area contributed by atoms with Crippen LogP contribution in [0.4, 0.5) is 10.5 Å². The van der Waals surface area contributed by atoms with Crippen molar-refractivity contribution in [2.75, 3.05) is 7.11 Å². The first-order valence-corrected chi connectivity index (χ1v) is 7.30. The lowest BCUT2D eigenvalue weighted by molar-refractivity contribution is -0.384. The van der Waals surface area contributed by atoms with Crippen molar-refractivity contribution in [2.45, 2.75) is 12.6 Å². The van der Waals surface area contributed by atoms with Crippen LogP contribution < -0.4 is 5.32 Å². The Kier molecular flexibility index (Phi) is 6.05. The number of rotatable bonds is 6. The molecule has 1 amide bonds. The maximum absolute atomic E-state index is 12.0. The van der Waals surface area contributed by atoms with Gasteiger partial charge >= 0.3 is 12.1 Å². The smallest absolute Gasteiger partial charge is 0.408 e. The Morgan fingerprint density at radius 1 is 1.16 bits per heavy atom. The summed E-state index contributed by atoms with van der Waals surface area (Å²) in [4.78, 5) is 34.2. The Hall–Kier alpha value is -3.42. The number of esters is 1. The number of hydrogen-bond acceptors (Lipinski definition) is 6. The molecule has 0 aliphatic rings. The van der Waals surface area contributed by atoms with Crippen molar-refractivity contribution < 1.29 is 24.0 Å². The van der Waals surface area contributed by atoms with Crippen LogP contribution in [0, 0.1) is 10.1 Å². The second-order valence-electron chi connectivity index (χ2n) is 5.01. The second-order valence-corrected chi connectivity index (χ2v) is 5.01. The summed E-state index contributed by atoms with van der Waals surface area (Å²) in [5.41, 5.74) is 0.797. The number of methoxy groups -OCH3 is 1. The first kappa shape index (κ1) is 17.9. The minimum Gasteiger partial charge on any atom is -0.467 e. The molecule has 0 spiro atoms. The van der Waals surface area contributed by atoms with Gasteiger partial charge in [-0.2, -0.15) is 0 Å². The SMILES string of the molecule is COC(=O)C(NC(=O)OCc1ccccc1)c1cccc([N+](=O)[O-])c1. The van der Waals surface area contributed by atoms with E-state index >= 15 is 0 Å². The number of alkyl carbamates (subject to hydrolysis) is 1. The number of nitro groups is 1. The summed E-state index contributed by atoms with van der Waals surface area (Å²) in [6.07, 6.45) is -0.842. The molecule has 0 fully saturated rings. The minimum atomic E-state index is -1.21. The molecule has 2 rings (SSSR count). The monoisotopic (exact) mass is 344 g/mol. The van der Waals surface area contributed by atoms with E-state index in [2.05, 4.69) is 10.1 Å².